The zero-order valence-electron chi connectivity index (χ0n) is 23.8. The van der Waals surface area contributed by atoms with Crippen molar-refractivity contribution in [3.8, 4) is 0 Å². The minimum atomic E-state index is -4.52. The number of alkyl halides is 3. The lowest BCUT2D eigenvalue weighted by atomic mass is 9.48. The first-order valence-corrected chi connectivity index (χ1v) is 15.0. The Balaban J connectivity index is 1.45. The molecule has 36 heavy (non-hydrogen) atoms. The van der Waals surface area contributed by atoms with Gasteiger partial charge < -0.3 is 10.2 Å². The van der Waals surface area contributed by atoms with E-state index in [1.807, 2.05) is 0 Å². The number of hydrogen-bond donors (Lipinski definition) is 2. The van der Waals surface area contributed by atoms with Crippen molar-refractivity contribution in [3.05, 3.63) is 0 Å². The molecule has 0 radical (unpaired) electrons. The van der Waals surface area contributed by atoms with E-state index in [1.54, 1.807) is 0 Å². The topological polar surface area (TPSA) is 40.5 Å². The van der Waals surface area contributed by atoms with Crippen LogP contribution in [0.25, 0.3) is 0 Å². The van der Waals surface area contributed by atoms with E-state index >= 15 is 0 Å². The monoisotopic (exact) mass is 514 g/mol. The highest BCUT2D eigenvalue weighted by atomic mass is 19.4. The summed E-state index contributed by atoms with van der Waals surface area (Å²) in [6.07, 6.45) is 6.50. The summed E-state index contributed by atoms with van der Waals surface area (Å²) in [4.78, 5) is 0. The highest BCUT2D eigenvalue weighted by molar-refractivity contribution is 5.10. The lowest BCUT2D eigenvalue weighted by Gasteiger charge is -2.58. The van der Waals surface area contributed by atoms with Gasteiger partial charge >= 0.3 is 6.18 Å². The molecule has 0 aliphatic heterocycles. The molecule has 0 amide bonds. The first kappa shape index (κ1) is 28.7. The average Bonchev–Trinajstić information content (AvgIpc) is 3.04. The fraction of sp³-hybridized carbons (Fsp3) is 1.00. The van der Waals surface area contributed by atoms with Crippen LogP contribution in [0.5, 0.6) is 0 Å². The van der Waals surface area contributed by atoms with Crippen LogP contribution in [-0.4, -0.2) is 28.1 Å². The molecule has 0 aromatic carbocycles. The molecule has 0 heterocycles. The van der Waals surface area contributed by atoms with E-state index in [-0.39, 0.29) is 35.7 Å². The third-order valence-electron chi connectivity index (χ3n) is 12.4. The SMILES string of the molecule is C[C@H](CCC[C@@H](O)C(C)(C)C)[C@H]1CC[C@H]2[C@H]3CCC[C@H]4C[C@](O)(C(F)(F)F)CC[C@]4(C)[C@H]3CC[C@]12C. The highest BCUT2D eigenvalue weighted by Gasteiger charge is 2.64. The van der Waals surface area contributed by atoms with Crippen LogP contribution in [0.2, 0.25) is 0 Å². The molecule has 210 valence electrons. The Morgan fingerprint density at radius 3 is 2.17 bits per heavy atom. The minimum Gasteiger partial charge on any atom is -0.393 e. The van der Waals surface area contributed by atoms with Gasteiger partial charge in [0, 0.05) is 0 Å². The minimum absolute atomic E-state index is 0.0254. The standard InChI is InChI=1S/C31H53F3O2/c1-20(9-7-12-26(35)27(2,3)4)23-13-14-24-22-11-8-10-21-19-30(36,31(32,33)34)18-17-28(21,5)25(22)15-16-29(23,24)6/h20-26,35-36H,7-19H2,1-6H3/t20-,21+,22-,23-,24+,25+,26-,28+,29-,30+/m1/s1. The Bertz CT molecular complexity index is 775. The van der Waals surface area contributed by atoms with Gasteiger partial charge in [-0.05, 0) is 116 Å². The molecule has 4 rings (SSSR count). The Morgan fingerprint density at radius 2 is 1.53 bits per heavy atom. The van der Waals surface area contributed by atoms with Crippen LogP contribution < -0.4 is 0 Å². The van der Waals surface area contributed by atoms with Crippen molar-refractivity contribution >= 4 is 0 Å². The molecule has 2 nitrogen and oxygen atoms in total. The van der Waals surface area contributed by atoms with Gasteiger partial charge in [-0.3, -0.25) is 0 Å². The molecule has 4 saturated carbocycles. The maximum absolute atomic E-state index is 13.7. The molecule has 4 aliphatic rings. The molecule has 0 bridgehead atoms. The molecule has 0 unspecified atom stereocenters. The summed E-state index contributed by atoms with van der Waals surface area (Å²) < 4.78 is 41.1. The number of halogens is 3. The maximum Gasteiger partial charge on any atom is 0.417 e. The first-order valence-electron chi connectivity index (χ1n) is 15.0. The van der Waals surface area contributed by atoms with Crippen molar-refractivity contribution in [2.75, 3.05) is 0 Å². The number of aliphatic hydroxyl groups excluding tert-OH is 1. The van der Waals surface area contributed by atoms with Crippen molar-refractivity contribution in [2.24, 2.45) is 51.8 Å². The van der Waals surface area contributed by atoms with Crippen LogP contribution in [0.1, 0.15) is 125 Å². The van der Waals surface area contributed by atoms with E-state index < -0.39 is 11.8 Å². The zero-order valence-corrected chi connectivity index (χ0v) is 23.8. The molecule has 0 saturated heterocycles. The summed E-state index contributed by atoms with van der Waals surface area (Å²) >= 11 is 0. The predicted octanol–water partition coefficient (Wildman–Crippen LogP) is 8.54. The van der Waals surface area contributed by atoms with Crippen LogP contribution >= 0.6 is 0 Å². The third kappa shape index (κ3) is 4.91. The summed E-state index contributed by atoms with van der Waals surface area (Å²) in [7, 11) is 0. The van der Waals surface area contributed by atoms with Crippen LogP contribution in [0, 0.1) is 51.8 Å². The van der Waals surface area contributed by atoms with Gasteiger partial charge in [-0.15, -0.1) is 0 Å². The van der Waals surface area contributed by atoms with E-state index in [0.29, 0.717) is 41.4 Å². The molecule has 0 aromatic rings. The van der Waals surface area contributed by atoms with Crippen LogP contribution in [0.4, 0.5) is 13.2 Å². The highest BCUT2D eigenvalue weighted by Crippen LogP contribution is 2.68. The second kappa shape index (κ2) is 9.72. The van der Waals surface area contributed by atoms with E-state index in [1.165, 1.54) is 25.7 Å². The summed E-state index contributed by atoms with van der Waals surface area (Å²) in [6, 6.07) is 0. The second-order valence-electron chi connectivity index (χ2n) is 15.3. The Kier molecular flexibility index (Phi) is 7.75. The summed E-state index contributed by atoms with van der Waals surface area (Å²) in [6.45, 7) is 13.6. The van der Waals surface area contributed by atoms with Crippen molar-refractivity contribution in [3.63, 3.8) is 0 Å². The van der Waals surface area contributed by atoms with Crippen LogP contribution in [0.3, 0.4) is 0 Å². The van der Waals surface area contributed by atoms with Crippen molar-refractivity contribution < 1.29 is 23.4 Å². The Morgan fingerprint density at radius 1 is 0.861 bits per heavy atom. The number of rotatable bonds is 5. The molecule has 5 heteroatoms. The first-order chi connectivity index (χ1) is 16.5. The van der Waals surface area contributed by atoms with Gasteiger partial charge in [0.1, 0.15) is 0 Å². The average molecular weight is 515 g/mol. The van der Waals surface area contributed by atoms with Crippen molar-refractivity contribution in [1.29, 1.82) is 0 Å². The predicted molar refractivity (Wildman–Crippen MR) is 139 cm³/mol. The lowest BCUT2D eigenvalue weighted by Crippen LogP contribution is -2.56. The molecular weight excluding hydrogens is 461 g/mol. The molecule has 2 N–H and O–H groups in total. The fourth-order valence-corrected chi connectivity index (χ4v) is 9.95. The molecule has 4 aliphatic carbocycles. The summed E-state index contributed by atoms with van der Waals surface area (Å²) in [5.41, 5.74) is -2.30. The largest absolute Gasteiger partial charge is 0.417 e. The number of fused-ring (bicyclic) bond motifs is 5. The molecule has 0 aromatic heterocycles. The van der Waals surface area contributed by atoms with Gasteiger partial charge in [-0.1, -0.05) is 60.8 Å². The summed E-state index contributed by atoms with van der Waals surface area (Å²) in [5, 5.41) is 21.0. The number of hydrogen-bond acceptors (Lipinski definition) is 2. The van der Waals surface area contributed by atoms with Gasteiger partial charge in [0.15, 0.2) is 5.60 Å². The Labute approximate surface area is 218 Å². The van der Waals surface area contributed by atoms with Gasteiger partial charge in [0.05, 0.1) is 6.10 Å². The van der Waals surface area contributed by atoms with Gasteiger partial charge in [-0.25, -0.2) is 0 Å². The number of aliphatic hydroxyl groups is 2. The second-order valence-corrected chi connectivity index (χ2v) is 15.3. The van der Waals surface area contributed by atoms with Crippen molar-refractivity contribution in [2.45, 2.75) is 143 Å². The van der Waals surface area contributed by atoms with E-state index in [2.05, 4.69) is 41.5 Å². The maximum atomic E-state index is 13.7. The quantitative estimate of drug-likeness (QED) is 0.386. The van der Waals surface area contributed by atoms with Gasteiger partial charge in [0.2, 0.25) is 0 Å². The fourth-order valence-electron chi connectivity index (χ4n) is 9.95. The molecule has 10 atom stereocenters. The lowest BCUT2D eigenvalue weighted by molar-refractivity contribution is -0.285. The van der Waals surface area contributed by atoms with E-state index in [0.717, 1.165) is 38.5 Å². The van der Waals surface area contributed by atoms with Gasteiger partial charge in [-0.2, -0.15) is 13.2 Å². The molecular formula is C31H53F3O2. The van der Waals surface area contributed by atoms with Crippen molar-refractivity contribution in [1.82, 2.24) is 0 Å². The summed E-state index contributed by atoms with van der Waals surface area (Å²) in [5.74, 6) is 3.14. The van der Waals surface area contributed by atoms with E-state index in [4.69, 9.17) is 0 Å². The smallest absolute Gasteiger partial charge is 0.393 e. The third-order valence-corrected chi connectivity index (χ3v) is 12.4. The Hall–Kier alpha value is -0.290. The normalized spacial score (nSPS) is 45.2. The molecule has 0 spiro atoms. The van der Waals surface area contributed by atoms with E-state index in [9.17, 15) is 23.4 Å². The molecule has 4 fully saturated rings. The van der Waals surface area contributed by atoms with Crippen LogP contribution in [0.15, 0.2) is 0 Å². The van der Waals surface area contributed by atoms with Crippen LogP contribution in [-0.2, 0) is 0 Å². The zero-order chi connectivity index (χ0) is 26.7. The van der Waals surface area contributed by atoms with Gasteiger partial charge in [0.25, 0.3) is 0 Å².